The molecule has 0 fully saturated rings. The van der Waals surface area contributed by atoms with Crippen LogP contribution in [0.4, 0.5) is 0 Å². The highest BCUT2D eigenvalue weighted by molar-refractivity contribution is 6.30. The fourth-order valence-electron chi connectivity index (χ4n) is 2.17. The second-order valence-corrected chi connectivity index (χ2v) is 5.38. The van der Waals surface area contributed by atoms with Gasteiger partial charge in [-0.25, -0.2) is 0 Å². The lowest BCUT2D eigenvalue weighted by molar-refractivity contribution is 0.309. The molecule has 21 heavy (non-hydrogen) atoms. The number of para-hydroxylation sites is 1. The van der Waals surface area contributed by atoms with Crippen molar-refractivity contribution in [1.82, 2.24) is 4.98 Å². The lowest BCUT2D eigenvalue weighted by Crippen LogP contribution is -1.98. The van der Waals surface area contributed by atoms with E-state index in [9.17, 15) is 0 Å². The van der Waals surface area contributed by atoms with E-state index in [1.165, 1.54) is 0 Å². The standard InChI is InChI=1S/C17H13Cl2NO/c18-10-14-9-17(15-6-1-2-7-16(15)20-14)21-11-12-4-3-5-13(19)8-12/h1-9H,10-11H2. The molecule has 0 radical (unpaired) electrons. The highest BCUT2D eigenvalue weighted by Gasteiger charge is 2.06. The molecule has 1 aromatic heterocycles. The lowest BCUT2D eigenvalue weighted by Gasteiger charge is -2.11. The lowest BCUT2D eigenvalue weighted by atomic mass is 10.2. The van der Waals surface area contributed by atoms with Gasteiger partial charge in [0.1, 0.15) is 12.4 Å². The molecule has 106 valence electrons. The van der Waals surface area contributed by atoms with Crippen LogP contribution in [0.25, 0.3) is 10.9 Å². The third-order valence-corrected chi connectivity index (χ3v) is 3.66. The molecular formula is C17H13Cl2NO. The molecule has 0 N–H and O–H groups in total. The number of pyridine rings is 1. The second kappa shape index (κ2) is 6.33. The Kier molecular flexibility index (Phi) is 4.28. The van der Waals surface area contributed by atoms with Gasteiger partial charge in [-0.05, 0) is 29.8 Å². The van der Waals surface area contributed by atoms with Crippen molar-refractivity contribution < 1.29 is 4.74 Å². The maximum Gasteiger partial charge on any atom is 0.131 e. The molecule has 0 atom stereocenters. The van der Waals surface area contributed by atoms with Crippen LogP contribution in [-0.4, -0.2) is 4.98 Å². The summed E-state index contributed by atoms with van der Waals surface area (Å²) in [4.78, 5) is 4.49. The number of benzene rings is 2. The normalized spacial score (nSPS) is 10.8. The first-order chi connectivity index (χ1) is 10.3. The average molecular weight is 318 g/mol. The van der Waals surface area contributed by atoms with Crippen LogP contribution in [0.5, 0.6) is 5.75 Å². The molecule has 0 unspecified atom stereocenters. The van der Waals surface area contributed by atoms with Crippen LogP contribution in [0.1, 0.15) is 11.3 Å². The zero-order valence-corrected chi connectivity index (χ0v) is 12.7. The zero-order chi connectivity index (χ0) is 14.7. The predicted molar refractivity (Wildman–Crippen MR) is 87.1 cm³/mol. The number of aromatic nitrogens is 1. The highest BCUT2D eigenvalue weighted by atomic mass is 35.5. The minimum Gasteiger partial charge on any atom is -0.488 e. The van der Waals surface area contributed by atoms with Gasteiger partial charge in [-0.15, -0.1) is 11.6 Å². The Bertz CT molecular complexity index is 774. The first-order valence-electron chi connectivity index (χ1n) is 6.58. The third-order valence-electron chi connectivity index (χ3n) is 3.15. The predicted octanol–water partition coefficient (Wildman–Crippen LogP) is 5.21. The van der Waals surface area contributed by atoms with Crippen molar-refractivity contribution in [3.05, 3.63) is 70.9 Å². The molecule has 0 spiro atoms. The summed E-state index contributed by atoms with van der Waals surface area (Å²) in [5.41, 5.74) is 2.71. The van der Waals surface area contributed by atoms with Crippen LogP contribution in [0, 0.1) is 0 Å². The summed E-state index contributed by atoms with van der Waals surface area (Å²) in [7, 11) is 0. The summed E-state index contributed by atoms with van der Waals surface area (Å²) < 4.78 is 5.95. The number of fused-ring (bicyclic) bond motifs is 1. The number of nitrogens with zero attached hydrogens (tertiary/aromatic N) is 1. The number of ether oxygens (including phenoxy) is 1. The van der Waals surface area contributed by atoms with E-state index in [0.29, 0.717) is 17.5 Å². The van der Waals surface area contributed by atoms with E-state index < -0.39 is 0 Å². The summed E-state index contributed by atoms with van der Waals surface area (Å²) in [6.45, 7) is 0.455. The summed E-state index contributed by atoms with van der Waals surface area (Å²) in [6.07, 6.45) is 0. The molecule has 3 rings (SSSR count). The smallest absolute Gasteiger partial charge is 0.131 e. The van der Waals surface area contributed by atoms with Crippen LogP contribution in [0.3, 0.4) is 0 Å². The van der Waals surface area contributed by atoms with E-state index in [2.05, 4.69) is 4.98 Å². The van der Waals surface area contributed by atoms with E-state index >= 15 is 0 Å². The van der Waals surface area contributed by atoms with Crippen molar-refractivity contribution in [2.24, 2.45) is 0 Å². The minimum atomic E-state index is 0.359. The minimum absolute atomic E-state index is 0.359. The molecule has 1 heterocycles. The highest BCUT2D eigenvalue weighted by Crippen LogP contribution is 2.27. The first kappa shape index (κ1) is 14.2. The Morgan fingerprint density at radius 3 is 2.67 bits per heavy atom. The van der Waals surface area contributed by atoms with Crippen molar-refractivity contribution >= 4 is 34.1 Å². The Morgan fingerprint density at radius 2 is 1.86 bits per heavy atom. The van der Waals surface area contributed by atoms with E-state index in [1.807, 2.05) is 54.6 Å². The van der Waals surface area contributed by atoms with E-state index in [-0.39, 0.29) is 0 Å². The fraction of sp³-hybridized carbons (Fsp3) is 0.118. The Hall–Kier alpha value is -1.77. The number of alkyl halides is 1. The van der Waals surface area contributed by atoms with Gasteiger partial charge >= 0.3 is 0 Å². The molecular weight excluding hydrogens is 305 g/mol. The van der Waals surface area contributed by atoms with Gasteiger partial charge in [0.25, 0.3) is 0 Å². The van der Waals surface area contributed by atoms with Crippen LogP contribution < -0.4 is 4.74 Å². The Balaban J connectivity index is 1.92. The summed E-state index contributed by atoms with van der Waals surface area (Å²) >= 11 is 11.9. The topological polar surface area (TPSA) is 22.1 Å². The van der Waals surface area contributed by atoms with Crippen molar-refractivity contribution in [3.63, 3.8) is 0 Å². The van der Waals surface area contributed by atoms with Crippen molar-refractivity contribution in [2.75, 3.05) is 0 Å². The van der Waals surface area contributed by atoms with Crippen molar-refractivity contribution in [1.29, 1.82) is 0 Å². The second-order valence-electron chi connectivity index (χ2n) is 4.68. The summed E-state index contributed by atoms with van der Waals surface area (Å²) in [5.74, 6) is 1.15. The summed E-state index contributed by atoms with van der Waals surface area (Å²) in [5, 5.41) is 1.69. The molecule has 0 saturated heterocycles. The van der Waals surface area contributed by atoms with Crippen LogP contribution in [0.2, 0.25) is 5.02 Å². The maximum atomic E-state index is 5.99. The van der Waals surface area contributed by atoms with E-state index in [0.717, 1.165) is 27.9 Å². The molecule has 3 aromatic rings. The van der Waals surface area contributed by atoms with Gasteiger partial charge in [0.05, 0.1) is 17.1 Å². The van der Waals surface area contributed by atoms with Crippen LogP contribution in [0.15, 0.2) is 54.6 Å². The first-order valence-corrected chi connectivity index (χ1v) is 7.49. The van der Waals surface area contributed by atoms with E-state index in [1.54, 1.807) is 0 Å². The number of hydrogen-bond donors (Lipinski definition) is 0. The van der Waals surface area contributed by atoms with Gasteiger partial charge in [0, 0.05) is 16.5 Å². The molecule has 0 saturated carbocycles. The largest absolute Gasteiger partial charge is 0.488 e. The van der Waals surface area contributed by atoms with Crippen molar-refractivity contribution in [2.45, 2.75) is 12.5 Å². The molecule has 0 aliphatic rings. The maximum absolute atomic E-state index is 5.99. The van der Waals surface area contributed by atoms with Gasteiger partial charge in [-0.3, -0.25) is 4.98 Å². The zero-order valence-electron chi connectivity index (χ0n) is 11.2. The van der Waals surface area contributed by atoms with Crippen LogP contribution in [-0.2, 0) is 12.5 Å². The molecule has 0 bridgehead atoms. The average Bonchev–Trinajstić information content (AvgIpc) is 2.52. The third kappa shape index (κ3) is 3.29. The molecule has 4 heteroatoms. The Labute approximate surface area is 133 Å². The molecule has 0 amide bonds. The molecule has 0 aliphatic carbocycles. The number of hydrogen-bond acceptors (Lipinski definition) is 2. The molecule has 2 nitrogen and oxygen atoms in total. The van der Waals surface area contributed by atoms with Gasteiger partial charge in [0.2, 0.25) is 0 Å². The van der Waals surface area contributed by atoms with Gasteiger partial charge in [-0.1, -0.05) is 35.9 Å². The number of halogens is 2. The monoisotopic (exact) mass is 317 g/mol. The molecule has 0 aliphatic heterocycles. The number of rotatable bonds is 4. The summed E-state index contributed by atoms with van der Waals surface area (Å²) in [6, 6.07) is 17.4. The quantitative estimate of drug-likeness (QED) is 0.616. The van der Waals surface area contributed by atoms with Gasteiger partial charge in [0.15, 0.2) is 0 Å². The van der Waals surface area contributed by atoms with Gasteiger partial charge in [-0.2, -0.15) is 0 Å². The SMILES string of the molecule is ClCc1cc(OCc2cccc(Cl)c2)c2ccccc2n1. The Morgan fingerprint density at radius 1 is 1.00 bits per heavy atom. The van der Waals surface area contributed by atoms with Crippen LogP contribution >= 0.6 is 23.2 Å². The van der Waals surface area contributed by atoms with E-state index in [4.69, 9.17) is 27.9 Å². The molecule has 2 aromatic carbocycles. The van der Waals surface area contributed by atoms with Crippen molar-refractivity contribution in [3.8, 4) is 5.75 Å². The van der Waals surface area contributed by atoms with Gasteiger partial charge < -0.3 is 4.74 Å². The fourth-order valence-corrected chi connectivity index (χ4v) is 2.52.